The zero-order valence-electron chi connectivity index (χ0n) is 15.5. The molecule has 1 N–H and O–H groups in total. The average molecular weight is 375 g/mol. The number of urea groups is 1. The van der Waals surface area contributed by atoms with Crippen molar-refractivity contribution in [2.75, 3.05) is 44.7 Å². The van der Waals surface area contributed by atoms with Crippen LogP contribution in [0.3, 0.4) is 0 Å². The maximum atomic E-state index is 13.2. The first-order chi connectivity index (χ1) is 13.1. The van der Waals surface area contributed by atoms with Gasteiger partial charge in [-0.15, -0.1) is 0 Å². The van der Waals surface area contributed by atoms with Crippen LogP contribution < -0.4 is 5.32 Å². The molecule has 0 aliphatic carbocycles. The molecule has 27 heavy (non-hydrogen) atoms. The SMILES string of the molecule is O=C(Nc1ccc(F)cc1)N1CC(C(=O)N2CCCC2)C2(CCOCC2)C1. The van der Waals surface area contributed by atoms with Crippen LogP contribution in [0.15, 0.2) is 24.3 Å². The van der Waals surface area contributed by atoms with Crippen LogP contribution in [0.4, 0.5) is 14.9 Å². The van der Waals surface area contributed by atoms with Crippen molar-refractivity contribution in [1.29, 1.82) is 0 Å². The number of ether oxygens (including phenoxy) is 1. The number of nitrogens with one attached hydrogen (secondary N) is 1. The molecular formula is C20H26FN3O3. The highest BCUT2D eigenvalue weighted by molar-refractivity contribution is 5.90. The molecule has 0 aromatic heterocycles. The molecule has 4 rings (SSSR count). The lowest BCUT2D eigenvalue weighted by Crippen LogP contribution is -2.45. The Bertz CT molecular complexity index is 697. The van der Waals surface area contributed by atoms with E-state index in [0.717, 1.165) is 38.8 Å². The molecule has 3 fully saturated rings. The monoisotopic (exact) mass is 375 g/mol. The summed E-state index contributed by atoms with van der Waals surface area (Å²) in [6.07, 6.45) is 3.72. The Labute approximate surface area is 158 Å². The third-order valence-corrected chi connectivity index (χ3v) is 6.24. The van der Waals surface area contributed by atoms with Crippen molar-refractivity contribution in [2.24, 2.45) is 11.3 Å². The first kappa shape index (κ1) is 18.2. The molecule has 1 spiro atoms. The molecule has 3 aliphatic rings. The number of nitrogens with zero attached hydrogens (tertiary/aromatic N) is 2. The molecule has 1 unspecified atom stereocenters. The van der Waals surface area contributed by atoms with E-state index in [1.165, 1.54) is 12.1 Å². The molecule has 0 bridgehead atoms. The number of anilines is 1. The van der Waals surface area contributed by atoms with Gasteiger partial charge in [-0.3, -0.25) is 4.79 Å². The molecule has 7 heteroatoms. The quantitative estimate of drug-likeness (QED) is 0.865. The van der Waals surface area contributed by atoms with Crippen molar-refractivity contribution in [3.63, 3.8) is 0 Å². The third kappa shape index (κ3) is 3.65. The molecule has 0 radical (unpaired) electrons. The summed E-state index contributed by atoms with van der Waals surface area (Å²) in [5.74, 6) is -0.323. The van der Waals surface area contributed by atoms with Crippen molar-refractivity contribution in [3.05, 3.63) is 30.1 Å². The standard InChI is InChI=1S/C20H26FN3O3/c21-15-3-5-16(6-4-15)22-19(26)24-13-17(18(25)23-9-1-2-10-23)20(14-24)7-11-27-12-8-20/h3-6,17H,1-2,7-14H2,(H,22,26). The number of halogens is 1. The summed E-state index contributed by atoms with van der Waals surface area (Å²) in [6.45, 7) is 3.91. The van der Waals surface area contributed by atoms with Gasteiger partial charge in [0, 0.05) is 50.5 Å². The highest BCUT2D eigenvalue weighted by Crippen LogP contribution is 2.45. The minimum Gasteiger partial charge on any atom is -0.381 e. The minimum absolute atomic E-state index is 0.168. The third-order valence-electron chi connectivity index (χ3n) is 6.24. The van der Waals surface area contributed by atoms with E-state index in [0.29, 0.717) is 32.0 Å². The zero-order valence-corrected chi connectivity index (χ0v) is 15.5. The normalized spacial score (nSPS) is 24.4. The number of amides is 3. The van der Waals surface area contributed by atoms with Crippen LogP contribution in [0, 0.1) is 17.2 Å². The average Bonchev–Trinajstić information content (AvgIpc) is 3.33. The van der Waals surface area contributed by atoms with Gasteiger partial charge in [-0.1, -0.05) is 0 Å². The molecule has 3 saturated heterocycles. The fourth-order valence-electron chi connectivity index (χ4n) is 4.64. The second-order valence-electron chi connectivity index (χ2n) is 7.88. The van der Waals surface area contributed by atoms with Crippen molar-refractivity contribution in [3.8, 4) is 0 Å². The maximum Gasteiger partial charge on any atom is 0.321 e. The van der Waals surface area contributed by atoms with Gasteiger partial charge in [-0.05, 0) is 49.9 Å². The Hall–Kier alpha value is -2.15. The summed E-state index contributed by atoms with van der Waals surface area (Å²) in [5.41, 5.74) is 0.356. The Morgan fingerprint density at radius 2 is 1.74 bits per heavy atom. The number of rotatable bonds is 2. The van der Waals surface area contributed by atoms with Gasteiger partial charge in [0.25, 0.3) is 0 Å². The smallest absolute Gasteiger partial charge is 0.321 e. The van der Waals surface area contributed by atoms with Gasteiger partial charge in [-0.2, -0.15) is 0 Å². The molecule has 0 saturated carbocycles. The van der Waals surface area contributed by atoms with Gasteiger partial charge in [0.15, 0.2) is 0 Å². The van der Waals surface area contributed by atoms with Crippen molar-refractivity contribution < 1.29 is 18.7 Å². The summed E-state index contributed by atoms with van der Waals surface area (Å²) in [4.78, 5) is 29.7. The topological polar surface area (TPSA) is 61.9 Å². The maximum absolute atomic E-state index is 13.2. The van der Waals surface area contributed by atoms with E-state index in [1.807, 2.05) is 4.90 Å². The van der Waals surface area contributed by atoms with Crippen LogP contribution in [-0.4, -0.2) is 61.1 Å². The number of carbonyl (C=O) groups is 2. The number of hydrogen-bond donors (Lipinski definition) is 1. The largest absolute Gasteiger partial charge is 0.381 e. The lowest BCUT2D eigenvalue weighted by atomic mass is 9.71. The Morgan fingerprint density at radius 3 is 2.41 bits per heavy atom. The molecular weight excluding hydrogens is 349 g/mol. The minimum atomic E-state index is -0.341. The fraction of sp³-hybridized carbons (Fsp3) is 0.600. The van der Waals surface area contributed by atoms with Gasteiger partial charge in [0.05, 0.1) is 5.92 Å². The molecule has 3 heterocycles. The highest BCUT2D eigenvalue weighted by atomic mass is 19.1. The zero-order chi connectivity index (χ0) is 18.9. The summed E-state index contributed by atoms with van der Waals surface area (Å²) >= 11 is 0. The Morgan fingerprint density at radius 1 is 1.07 bits per heavy atom. The van der Waals surface area contributed by atoms with Crippen LogP contribution in [0.2, 0.25) is 0 Å². The molecule has 1 atom stereocenters. The van der Waals surface area contributed by atoms with Gasteiger partial charge >= 0.3 is 6.03 Å². The summed E-state index contributed by atoms with van der Waals surface area (Å²) in [7, 11) is 0. The van der Waals surface area contributed by atoms with E-state index in [-0.39, 0.29) is 29.1 Å². The van der Waals surface area contributed by atoms with E-state index in [9.17, 15) is 14.0 Å². The Kier molecular flexibility index (Phi) is 5.04. The molecule has 3 aliphatic heterocycles. The summed E-state index contributed by atoms with van der Waals surface area (Å²) < 4.78 is 18.6. The fourth-order valence-corrected chi connectivity index (χ4v) is 4.64. The first-order valence-electron chi connectivity index (χ1n) is 9.75. The van der Waals surface area contributed by atoms with Crippen LogP contribution in [0.1, 0.15) is 25.7 Å². The number of likely N-dealkylation sites (tertiary alicyclic amines) is 2. The number of benzene rings is 1. The van der Waals surface area contributed by atoms with Crippen LogP contribution in [-0.2, 0) is 9.53 Å². The van der Waals surface area contributed by atoms with E-state index >= 15 is 0 Å². The van der Waals surface area contributed by atoms with Gasteiger partial charge in [-0.25, -0.2) is 9.18 Å². The molecule has 6 nitrogen and oxygen atoms in total. The van der Waals surface area contributed by atoms with Crippen molar-refractivity contribution >= 4 is 17.6 Å². The summed E-state index contributed by atoms with van der Waals surface area (Å²) in [6, 6.07) is 5.49. The van der Waals surface area contributed by atoms with Crippen LogP contribution in [0.25, 0.3) is 0 Å². The van der Waals surface area contributed by atoms with E-state index in [1.54, 1.807) is 17.0 Å². The summed E-state index contributed by atoms with van der Waals surface area (Å²) in [5, 5.41) is 2.83. The second-order valence-corrected chi connectivity index (χ2v) is 7.88. The van der Waals surface area contributed by atoms with Crippen LogP contribution in [0.5, 0.6) is 0 Å². The van der Waals surface area contributed by atoms with E-state index in [2.05, 4.69) is 5.32 Å². The van der Waals surface area contributed by atoms with Crippen molar-refractivity contribution in [1.82, 2.24) is 9.80 Å². The molecule has 3 amide bonds. The Balaban J connectivity index is 1.50. The molecule has 146 valence electrons. The number of carbonyl (C=O) groups excluding carboxylic acids is 2. The lowest BCUT2D eigenvalue weighted by Gasteiger charge is -2.38. The lowest BCUT2D eigenvalue weighted by molar-refractivity contribution is -0.139. The highest BCUT2D eigenvalue weighted by Gasteiger charge is 2.52. The van der Waals surface area contributed by atoms with Crippen LogP contribution >= 0.6 is 0 Å². The molecule has 1 aromatic rings. The van der Waals surface area contributed by atoms with Gasteiger partial charge < -0.3 is 19.9 Å². The van der Waals surface area contributed by atoms with Gasteiger partial charge in [0.1, 0.15) is 5.82 Å². The van der Waals surface area contributed by atoms with Gasteiger partial charge in [0.2, 0.25) is 5.91 Å². The predicted molar refractivity (Wildman–Crippen MR) is 98.8 cm³/mol. The molecule has 1 aromatic carbocycles. The van der Waals surface area contributed by atoms with Crippen molar-refractivity contribution in [2.45, 2.75) is 25.7 Å². The second kappa shape index (κ2) is 7.46. The van der Waals surface area contributed by atoms with E-state index < -0.39 is 0 Å². The van der Waals surface area contributed by atoms with E-state index in [4.69, 9.17) is 4.74 Å². The first-order valence-corrected chi connectivity index (χ1v) is 9.75. The number of hydrogen-bond acceptors (Lipinski definition) is 3. The predicted octanol–water partition coefficient (Wildman–Crippen LogP) is 2.71.